The molecule has 1 fully saturated rings. The maximum atomic E-state index is 12.8. The largest absolute Gasteiger partial charge is 0.490 e. The number of rotatable bonds is 6. The smallest absolute Gasteiger partial charge is 0.337 e. The van der Waals surface area contributed by atoms with E-state index in [1.807, 2.05) is 29.2 Å². The first-order valence-electron chi connectivity index (χ1n) is 10.4. The van der Waals surface area contributed by atoms with Crippen LogP contribution in [0.25, 0.3) is 0 Å². The second kappa shape index (κ2) is 8.68. The summed E-state index contributed by atoms with van der Waals surface area (Å²) in [5.41, 5.74) is 3.57. The van der Waals surface area contributed by atoms with Crippen molar-refractivity contribution in [2.24, 2.45) is 0 Å². The van der Waals surface area contributed by atoms with Gasteiger partial charge in [-0.25, -0.2) is 4.79 Å². The standard InChI is InChI=1S/C24H27NO4/c1-28-24(27)19-10-11-22-18(16-19)13-14-25(22)23(26)12-9-17-5-4-8-21(15-17)29-20-6-2-3-7-20/h4-5,8,10-11,15-16,20H,2-3,6-7,9,12-14H2,1H3. The predicted octanol–water partition coefficient (Wildman–Crippen LogP) is 4.32. The van der Waals surface area contributed by atoms with Gasteiger partial charge in [0.05, 0.1) is 18.8 Å². The van der Waals surface area contributed by atoms with Gasteiger partial charge in [-0.15, -0.1) is 0 Å². The fourth-order valence-corrected chi connectivity index (χ4v) is 4.26. The van der Waals surface area contributed by atoms with E-state index in [0.29, 0.717) is 31.1 Å². The predicted molar refractivity (Wildman–Crippen MR) is 111 cm³/mol. The number of esters is 1. The molecule has 29 heavy (non-hydrogen) atoms. The Labute approximate surface area is 171 Å². The average Bonchev–Trinajstić information content (AvgIpc) is 3.41. The van der Waals surface area contributed by atoms with Gasteiger partial charge in [0.15, 0.2) is 0 Å². The number of fused-ring (bicyclic) bond motifs is 1. The van der Waals surface area contributed by atoms with Gasteiger partial charge in [0.2, 0.25) is 5.91 Å². The zero-order valence-electron chi connectivity index (χ0n) is 16.9. The average molecular weight is 393 g/mol. The van der Waals surface area contributed by atoms with Crippen LogP contribution >= 0.6 is 0 Å². The van der Waals surface area contributed by atoms with Gasteiger partial charge in [0, 0.05) is 18.7 Å². The van der Waals surface area contributed by atoms with E-state index >= 15 is 0 Å². The third-order valence-electron chi connectivity index (χ3n) is 5.83. The van der Waals surface area contributed by atoms with Gasteiger partial charge >= 0.3 is 5.97 Å². The van der Waals surface area contributed by atoms with Gasteiger partial charge in [-0.2, -0.15) is 0 Å². The number of hydrogen-bond donors (Lipinski definition) is 0. The van der Waals surface area contributed by atoms with Crippen LogP contribution in [0.15, 0.2) is 42.5 Å². The molecule has 152 valence electrons. The van der Waals surface area contributed by atoms with Crippen molar-refractivity contribution in [1.82, 2.24) is 0 Å². The van der Waals surface area contributed by atoms with E-state index in [1.165, 1.54) is 20.0 Å². The van der Waals surface area contributed by atoms with Crippen molar-refractivity contribution in [2.45, 2.75) is 51.0 Å². The number of benzene rings is 2. The van der Waals surface area contributed by atoms with Gasteiger partial charge in [-0.05, 0) is 80.0 Å². The molecule has 0 radical (unpaired) electrons. The van der Waals surface area contributed by atoms with Crippen LogP contribution in [0.2, 0.25) is 0 Å². The SMILES string of the molecule is COC(=O)c1ccc2c(c1)CCN2C(=O)CCc1cccc(OC2CCCC2)c1. The topological polar surface area (TPSA) is 55.8 Å². The number of methoxy groups -OCH3 is 1. The Kier molecular flexibility index (Phi) is 5.84. The van der Waals surface area contributed by atoms with Crippen LogP contribution in [-0.2, 0) is 22.4 Å². The minimum absolute atomic E-state index is 0.108. The van der Waals surface area contributed by atoms with E-state index in [1.54, 1.807) is 6.07 Å². The maximum absolute atomic E-state index is 12.8. The van der Waals surface area contributed by atoms with Gasteiger partial charge < -0.3 is 14.4 Å². The van der Waals surface area contributed by atoms with Crippen LogP contribution in [0.1, 0.15) is 53.6 Å². The van der Waals surface area contributed by atoms with Crippen molar-refractivity contribution < 1.29 is 19.1 Å². The normalized spacial score (nSPS) is 16.0. The summed E-state index contributed by atoms with van der Waals surface area (Å²) >= 11 is 0. The molecule has 1 saturated carbocycles. The second-order valence-corrected chi connectivity index (χ2v) is 7.80. The molecule has 0 N–H and O–H groups in total. The number of anilines is 1. The van der Waals surface area contributed by atoms with Crippen molar-refractivity contribution in [3.63, 3.8) is 0 Å². The molecular weight excluding hydrogens is 366 g/mol. The van der Waals surface area contributed by atoms with Crippen LogP contribution in [0.3, 0.4) is 0 Å². The van der Waals surface area contributed by atoms with Crippen molar-refractivity contribution in [3.8, 4) is 5.75 Å². The number of amides is 1. The van der Waals surface area contributed by atoms with E-state index < -0.39 is 0 Å². The summed E-state index contributed by atoms with van der Waals surface area (Å²) in [4.78, 5) is 26.4. The summed E-state index contributed by atoms with van der Waals surface area (Å²) < 4.78 is 10.9. The molecule has 1 aliphatic carbocycles. The Morgan fingerprint density at radius 1 is 1.10 bits per heavy atom. The molecule has 0 atom stereocenters. The van der Waals surface area contributed by atoms with Gasteiger partial charge in [0.25, 0.3) is 0 Å². The summed E-state index contributed by atoms with van der Waals surface area (Å²) in [5, 5.41) is 0. The van der Waals surface area contributed by atoms with Gasteiger partial charge in [-0.3, -0.25) is 4.79 Å². The summed E-state index contributed by atoms with van der Waals surface area (Å²) in [6.45, 7) is 0.656. The minimum Gasteiger partial charge on any atom is -0.490 e. The monoisotopic (exact) mass is 393 g/mol. The lowest BCUT2D eigenvalue weighted by atomic mass is 10.1. The molecule has 2 aromatic rings. The van der Waals surface area contributed by atoms with Crippen molar-refractivity contribution >= 4 is 17.6 Å². The number of nitrogens with zero attached hydrogens (tertiary/aromatic N) is 1. The zero-order valence-corrected chi connectivity index (χ0v) is 16.9. The molecule has 0 spiro atoms. The molecule has 5 heteroatoms. The third-order valence-corrected chi connectivity index (χ3v) is 5.83. The lowest BCUT2D eigenvalue weighted by molar-refractivity contribution is -0.118. The Hall–Kier alpha value is -2.82. The van der Waals surface area contributed by atoms with Crippen LogP contribution in [0.4, 0.5) is 5.69 Å². The van der Waals surface area contributed by atoms with E-state index in [-0.39, 0.29) is 11.9 Å². The molecule has 4 rings (SSSR count). The number of aryl methyl sites for hydroxylation is 1. The number of carbonyl (C=O) groups excluding carboxylic acids is 2. The molecule has 1 aliphatic heterocycles. The van der Waals surface area contributed by atoms with Crippen molar-refractivity contribution in [3.05, 3.63) is 59.2 Å². The first-order valence-corrected chi connectivity index (χ1v) is 10.4. The quantitative estimate of drug-likeness (QED) is 0.686. The Morgan fingerprint density at radius 2 is 1.93 bits per heavy atom. The molecule has 0 saturated heterocycles. The minimum atomic E-state index is -0.350. The fraction of sp³-hybridized carbons (Fsp3) is 0.417. The Morgan fingerprint density at radius 3 is 2.72 bits per heavy atom. The molecule has 1 heterocycles. The maximum Gasteiger partial charge on any atom is 0.337 e. The van der Waals surface area contributed by atoms with E-state index in [2.05, 4.69) is 12.1 Å². The lowest BCUT2D eigenvalue weighted by Gasteiger charge is -2.18. The number of hydrogen-bond acceptors (Lipinski definition) is 4. The van der Waals surface area contributed by atoms with Crippen LogP contribution in [0.5, 0.6) is 5.75 Å². The zero-order chi connectivity index (χ0) is 20.2. The Balaban J connectivity index is 1.37. The summed E-state index contributed by atoms with van der Waals surface area (Å²) in [7, 11) is 1.37. The molecule has 0 unspecified atom stereocenters. The highest BCUT2D eigenvalue weighted by Gasteiger charge is 2.25. The van der Waals surface area contributed by atoms with E-state index in [9.17, 15) is 9.59 Å². The van der Waals surface area contributed by atoms with Crippen molar-refractivity contribution in [2.75, 3.05) is 18.6 Å². The van der Waals surface area contributed by atoms with Gasteiger partial charge in [0.1, 0.15) is 5.75 Å². The van der Waals surface area contributed by atoms with Crippen molar-refractivity contribution in [1.29, 1.82) is 0 Å². The fourth-order valence-electron chi connectivity index (χ4n) is 4.26. The molecule has 2 aromatic carbocycles. The van der Waals surface area contributed by atoms with E-state index in [0.717, 1.165) is 41.8 Å². The molecule has 0 aromatic heterocycles. The third kappa shape index (κ3) is 4.44. The highest BCUT2D eigenvalue weighted by Crippen LogP contribution is 2.30. The molecular formula is C24H27NO4. The molecule has 0 bridgehead atoms. The molecule has 5 nitrogen and oxygen atoms in total. The van der Waals surface area contributed by atoms with E-state index in [4.69, 9.17) is 9.47 Å². The first-order chi connectivity index (χ1) is 14.1. The molecule has 2 aliphatic rings. The van der Waals surface area contributed by atoms with Crippen LogP contribution in [0, 0.1) is 0 Å². The summed E-state index contributed by atoms with van der Waals surface area (Å²) in [6, 6.07) is 13.5. The summed E-state index contributed by atoms with van der Waals surface area (Å²) in [6.07, 6.45) is 7.00. The highest BCUT2D eigenvalue weighted by molar-refractivity contribution is 5.97. The van der Waals surface area contributed by atoms with Crippen LogP contribution < -0.4 is 9.64 Å². The second-order valence-electron chi connectivity index (χ2n) is 7.80. The van der Waals surface area contributed by atoms with Gasteiger partial charge in [-0.1, -0.05) is 12.1 Å². The Bertz CT molecular complexity index is 902. The molecule has 1 amide bonds. The summed E-state index contributed by atoms with van der Waals surface area (Å²) in [5.74, 6) is 0.665. The number of ether oxygens (including phenoxy) is 2. The van der Waals surface area contributed by atoms with Crippen LogP contribution in [-0.4, -0.2) is 31.6 Å². The number of carbonyl (C=O) groups is 2. The lowest BCUT2D eigenvalue weighted by Crippen LogP contribution is -2.29. The highest BCUT2D eigenvalue weighted by atomic mass is 16.5. The first kappa shape index (κ1) is 19.5.